The Kier molecular flexibility index (Phi) is 9.11. The van der Waals surface area contributed by atoms with Crippen molar-refractivity contribution in [1.82, 2.24) is 19.9 Å². The molecule has 0 N–H and O–H groups in total. The highest BCUT2D eigenvalue weighted by molar-refractivity contribution is 6.23. The summed E-state index contributed by atoms with van der Waals surface area (Å²) < 4.78 is 0. The zero-order valence-electron chi connectivity index (χ0n) is 39.3. The molecule has 15 rings (SSSR count). The molecule has 0 bridgehead atoms. The second kappa shape index (κ2) is 16.2. The van der Waals surface area contributed by atoms with Gasteiger partial charge < -0.3 is 9.80 Å². The van der Waals surface area contributed by atoms with Crippen molar-refractivity contribution in [2.24, 2.45) is 0 Å². The molecule has 6 heterocycles. The van der Waals surface area contributed by atoms with E-state index < -0.39 is 0 Å². The lowest BCUT2D eigenvalue weighted by Gasteiger charge is -2.29. The quantitative estimate of drug-likeness (QED) is 0.129. The number of hydrogen-bond donors (Lipinski definition) is 0. The Bertz CT molecular complexity index is 4010. The molecule has 0 saturated heterocycles. The molecule has 72 heavy (non-hydrogen) atoms. The summed E-state index contributed by atoms with van der Waals surface area (Å²) in [6.45, 7) is 0. The summed E-state index contributed by atoms with van der Waals surface area (Å²) in [7, 11) is 0. The first-order valence-electron chi connectivity index (χ1n) is 25.0. The van der Waals surface area contributed by atoms with Crippen molar-refractivity contribution in [2.45, 2.75) is 25.7 Å². The van der Waals surface area contributed by atoms with Crippen LogP contribution in [0.25, 0.3) is 87.7 Å². The van der Waals surface area contributed by atoms with Gasteiger partial charge in [-0.2, -0.15) is 0 Å². The van der Waals surface area contributed by atoms with Gasteiger partial charge in [0.2, 0.25) is 0 Å². The van der Waals surface area contributed by atoms with E-state index in [0.29, 0.717) is 0 Å². The zero-order valence-corrected chi connectivity index (χ0v) is 39.3. The number of pyridine rings is 4. The molecule has 0 radical (unpaired) electrons. The predicted molar refractivity (Wildman–Crippen MR) is 298 cm³/mol. The summed E-state index contributed by atoms with van der Waals surface area (Å²) in [6, 6.07) is 75.4. The van der Waals surface area contributed by atoms with Crippen LogP contribution in [-0.2, 0) is 25.7 Å². The molecular formula is C66H44N6. The van der Waals surface area contributed by atoms with Gasteiger partial charge in [-0.3, -0.25) is 9.97 Å². The van der Waals surface area contributed by atoms with Crippen LogP contribution >= 0.6 is 0 Å². The lowest BCUT2D eigenvalue weighted by Crippen LogP contribution is -2.12. The van der Waals surface area contributed by atoms with E-state index in [1.54, 1.807) is 0 Å². The van der Waals surface area contributed by atoms with Gasteiger partial charge in [0.15, 0.2) is 0 Å². The number of aryl methyl sites for hydroxylation is 4. The molecule has 13 aromatic rings. The van der Waals surface area contributed by atoms with Crippen molar-refractivity contribution < 1.29 is 0 Å². The number of aromatic nitrogens is 4. The molecule has 4 aromatic heterocycles. The predicted octanol–water partition coefficient (Wildman–Crippen LogP) is 16.7. The maximum atomic E-state index is 5.65. The van der Waals surface area contributed by atoms with E-state index in [1.807, 2.05) is 24.5 Å². The minimum atomic E-state index is 0.882. The van der Waals surface area contributed by atoms with Crippen molar-refractivity contribution >= 4 is 99.3 Å². The fourth-order valence-electron chi connectivity index (χ4n) is 11.9. The minimum Gasteiger partial charge on any atom is -0.310 e. The fourth-order valence-corrected chi connectivity index (χ4v) is 11.9. The normalized spacial score (nSPS) is 13.3. The molecule has 9 aromatic carbocycles. The van der Waals surface area contributed by atoms with Crippen molar-refractivity contribution in [2.75, 3.05) is 9.80 Å². The standard InChI is InChI=1S/C66H44N6/c1-5-17-57-41(11-1)21-22-42-12-2-6-18-58(42)71(57)49-31-33-51-53(39-49)61(55-35-29-47-27-25-45-15-9-37-67-63(45)65(47)69-55)52-34-32-50(72-59-19-7-3-13-43(59)23-24-44-14-4-8-20-60(44)72)40-54(52)62(51)56-36-30-48-28-26-46-16-10-38-68-64(46)66(48)70-56/h1-20,25-40H,21-24H2. The number of benzene rings is 9. The first-order valence-corrected chi connectivity index (χ1v) is 25.0. The maximum absolute atomic E-state index is 5.65. The van der Waals surface area contributed by atoms with E-state index in [2.05, 4.69) is 204 Å². The Balaban J connectivity index is 1.09. The number of hydrogen-bond acceptors (Lipinski definition) is 6. The van der Waals surface area contributed by atoms with Gasteiger partial charge in [0, 0.05) is 79.2 Å². The van der Waals surface area contributed by atoms with Gasteiger partial charge in [-0.1, -0.05) is 133 Å². The second-order valence-electron chi connectivity index (χ2n) is 19.2. The third kappa shape index (κ3) is 6.35. The number of nitrogens with zero attached hydrogens (tertiary/aromatic N) is 6. The van der Waals surface area contributed by atoms with Gasteiger partial charge in [0.1, 0.15) is 0 Å². The largest absolute Gasteiger partial charge is 0.310 e. The summed E-state index contributed by atoms with van der Waals surface area (Å²) in [5.41, 5.74) is 19.7. The van der Waals surface area contributed by atoms with Crippen LogP contribution in [0.3, 0.4) is 0 Å². The summed E-state index contributed by atoms with van der Waals surface area (Å²) in [6.07, 6.45) is 7.60. The van der Waals surface area contributed by atoms with E-state index in [-0.39, 0.29) is 0 Å². The smallest absolute Gasteiger partial charge is 0.0972 e. The highest BCUT2D eigenvalue weighted by Crippen LogP contribution is 2.50. The van der Waals surface area contributed by atoms with Crippen LogP contribution in [0.15, 0.2) is 219 Å². The van der Waals surface area contributed by atoms with E-state index in [9.17, 15) is 0 Å². The summed E-state index contributed by atoms with van der Waals surface area (Å²) >= 11 is 0. The summed E-state index contributed by atoms with van der Waals surface area (Å²) in [5, 5.41) is 8.58. The first-order chi connectivity index (χ1) is 35.7. The highest BCUT2D eigenvalue weighted by atomic mass is 15.2. The van der Waals surface area contributed by atoms with E-state index in [4.69, 9.17) is 19.9 Å². The molecule has 6 nitrogen and oxygen atoms in total. The number of para-hydroxylation sites is 4. The number of rotatable bonds is 4. The molecule has 0 fully saturated rings. The van der Waals surface area contributed by atoms with Gasteiger partial charge in [0.25, 0.3) is 0 Å². The lowest BCUT2D eigenvalue weighted by molar-refractivity contribution is 0.977. The third-order valence-electron chi connectivity index (χ3n) is 15.2. The molecule has 0 aliphatic carbocycles. The van der Waals surface area contributed by atoms with Gasteiger partial charge in [-0.25, -0.2) is 9.97 Å². The average molecular weight is 921 g/mol. The molecule has 0 spiro atoms. The topological polar surface area (TPSA) is 58.0 Å². The van der Waals surface area contributed by atoms with Crippen LogP contribution in [0.1, 0.15) is 22.3 Å². The lowest BCUT2D eigenvalue weighted by atomic mass is 9.87. The molecule has 0 saturated carbocycles. The molecule has 338 valence electrons. The van der Waals surface area contributed by atoms with E-state index in [1.165, 1.54) is 45.0 Å². The van der Waals surface area contributed by atoms with Crippen LogP contribution in [0.2, 0.25) is 0 Å². The Labute approximate surface area is 416 Å². The van der Waals surface area contributed by atoms with Crippen molar-refractivity contribution in [1.29, 1.82) is 0 Å². The van der Waals surface area contributed by atoms with Crippen molar-refractivity contribution in [3.8, 4) is 22.5 Å². The number of anilines is 6. The van der Waals surface area contributed by atoms with Gasteiger partial charge >= 0.3 is 0 Å². The molecule has 6 heteroatoms. The second-order valence-corrected chi connectivity index (χ2v) is 19.2. The minimum absolute atomic E-state index is 0.882. The Morgan fingerprint density at radius 2 is 0.639 bits per heavy atom. The highest BCUT2D eigenvalue weighted by Gasteiger charge is 2.27. The SMILES string of the molecule is c1ccc2c(c1)CCc1ccccc1N2c1ccc2c(-c3ccc4ccc5cccnc5c4n3)c3cc(N4c5ccccc5CCc5ccccc54)ccc3c(-c3ccc4ccc5cccnc5c4n3)c2c1. The van der Waals surface area contributed by atoms with Crippen molar-refractivity contribution in [3.05, 3.63) is 241 Å². The van der Waals surface area contributed by atoms with Gasteiger partial charge in [-0.15, -0.1) is 0 Å². The monoisotopic (exact) mass is 920 g/mol. The van der Waals surface area contributed by atoms with Crippen LogP contribution in [-0.4, -0.2) is 19.9 Å². The molecular weight excluding hydrogens is 877 g/mol. The van der Waals surface area contributed by atoms with Crippen LogP contribution in [0.4, 0.5) is 34.1 Å². The molecule has 0 atom stereocenters. The summed E-state index contributed by atoms with van der Waals surface area (Å²) in [5.74, 6) is 0. The molecule has 0 unspecified atom stereocenters. The fraction of sp³-hybridized carbons (Fsp3) is 0.0606. The van der Waals surface area contributed by atoms with E-state index >= 15 is 0 Å². The van der Waals surface area contributed by atoms with Gasteiger partial charge in [-0.05, 0) is 142 Å². The first kappa shape index (κ1) is 40.6. The maximum Gasteiger partial charge on any atom is 0.0972 e. The number of fused-ring (bicyclic) bond motifs is 12. The van der Waals surface area contributed by atoms with Crippen LogP contribution in [0, 0.1) is 0 Å². The molecule has 0 amide bonds. The average Bonchev–Trinajstić information content (AvgIpc) is 3.72. The van der Waals surface area contributed by atoms with Crippen LogP contribution < -0.4 is 9.80 Å². The van der Waals surface area contributed by atoms with Crippen molar-refractivity contribution in [3.63, 3.8) is 0 Å². The van der Waals surface area contributed by atoms with Gasteiger partial charge in [0.05, 0.1) is 33.5 Å². The molecule has 2 aliphatic rings. The Morgan fingerprint density at radius 1 is 0.292 bits per heavy atom. The summed E-state index contributed by atoms with van der Waals surface area (Å²) in [4.78, 5) is 26.1. The molecule has 2 aliphatic heterocycles. The zero-order chi connectivity index (χ0) is 47.3. The third-order valence-corrected chi connectivity index (χ3v) is 15.2. The van der Waals surface area contributed by atoms with Crippen LogP contribution in [0.5, 0.6) is 0 Å². The Hall–Kier alpha value is -9.26. The Morgan fingerprint density at radius 3 is 1.03 bits per heavy atom. The van der Waals surface area contributed by atoms with E-state index in [0.717, 1.165) is 125 Å².